The summed E-state index contributed by atoms with van der Waals surface area (Å²) in [7, 11) is 0. The van der Waals surface area contributed by atoms with Gasteiger partial charge in [0.1, 0.15) is 6.29 Å². The van der Waals surface area contributed by atoms with Crippen molar-refractivity contribution in [3.63, 3.8) is 0 Å². The van der Waals surface area contributed by atoms with E-state index in [1.54, 1.807) is 12.1 Å². The molecule has 0 atom stereocenters. The number of amides is 1. The van der Waals surface area contributed by atoms with Crippen LogP contribution in [0.2, 0.25) is 0 Å². The number of nitrogens with zero attached hydrogens (tertiary/aromatic N) is 1. The molecule has 1 aliphatic heterocycles. The van der Waals surface area contributed by atoms with Gasteiger partial charge >= 0.3 is 0 Å². The van der Waals surface area contributed by atoms with Gasteiger partial charge in [0.15, 0.2) is 0 Å². The summed E-state index contributed by atoms with van der Waals surface area (Å²) in [5.74, 6) is -0.278. The number of hydrazine groups is 1. The largest absolute Gasteiger partial charge is 0.348 e. The molecule has 1 aromatic carbocycles. The van der Waals surface area contributed by atoms with Crippen LogP contribution in [0.4, 0.5) is 5.69 Å². The van der Waals surface area contributed by atoms with Crippen molar-refractivity contribution in [2.24, 2.45) is 0 Å². The number of hydrogen-bond acceptors (Lipinski definition) is 5. The zero-order chi connectivity index (χ0) is 20.5. The maximum atomic E-state index is 13.0. The lowest BCUT2D eigenvalue weighted by Gasteiger charge is -2.23. The summed E-state index contributed by atoms with van der Waals surface area (Å²) in [6.45, 7) is 4.46. The van der Waals surface area contributed by atoms with Gasteiger partial charge in [0, 0.05) is 47.1 Å². The quantitative estimate of drug-likeness (QED) is 0.678. The molecular formula is C22H26N4O3. The molecule has 4 rings (SSSR count). The van der Waals surface area contributed by atoms with Crippen LogP contribution in [0.25, 0.3) is 0 Å². The molecule has 152 valence electrons. The van der Waals surface area contributed by atoms with Gasteiger partial charge < -0.3 is 15.7 Å². The van der Waals surface area contributed by atoms with E-state index in [-0.39, 0.29) is 18.0 Å². The van der Waals surface area contributed by atoms with Crippen LogP contribution in [-0.4, -0.2) is 28.2 Å². The summed E-state index contributed by atoms with van der Waals surface area (Å²) < 4.78 is 0. The molecule has 29 heavy (non-hydrogen) atoms. The number of aryl methyl sites for hydroxylation is 2. The Morgan fingerprint density at radius 3 is 2.69 bits per heavy atom. The van der Waals surface area contributed by atoms with Gasteiger partial charge in [-0.3, -0.25) is 14.4 Å². The van der Waals surface area contributed by atoms with Gasteiger partial charge in [-0.25, -0.2) is 5.01 Å². The van der Waals surface area contributed by atoms with Crippen molar-refractivity contribution in [1.82, 2.24) is 15.3 Å². The zero-order valence-corrected chi connectivity index (χ0v) is 16.8. The molecule has 0 bridgehead atoms. The van der Waals surface area contributed by atoms with E-state index in [2.05, 4.69) is 20.7 Å². The Bertz CT molecular complexity index is 1020. The maximum absolute atomic E-state index is 13.0. The molecule has 3 N–H and O–H groups in total. The Morgan fingerprint density at radius 2 is 2.00 bits per heavy atom. The van der Waals surface area contributed by atoms with E-state index in [0.717, 1.165) is 41.6 Å². The van der Waals surface area contributed by atoms with Crippen LogP contribution in [-0.2, 0) is 13.1 Å². The van der Waals surface area contributed by atoms with Crippen LogP contribution >= 0.6 is 0 Å². The van der Waals surface area contributed by atoms with Gasteiger partial charge in [-0.1, -0.05) is 12.8 Å². The molecule has 0 unspecified atom stereocenters. The number of carbonyl (C=O) groups is 2. The fraction of sp³-hybridized carbons (Fsp3) is 0.409. The van der Waals surface area contributed by atoms with Gasteiger partial charge in [0.2, 0.25) is 0 Å². The van der Waals surface area contributed by atoms with E-state index >= 15 is 0 Å². The van der Waals surface area contributed by atoms with E-state index in [0.29, 0.717) is 29.3 Å². The van der Waals surface area contributed by atoms with Crippen LogP contribution in [0.3, 0.4) is 0 Å². The van der Waals surface area contributed by atoms with Gasteiger partial charge in [0.25, 0.3) is 11.5 Å². The number of rotatable bonds is 5. The Labute approximate surface area is 169 Å². The van der Waals surface area contributed by atoms with Gasteiger partial charge in [-0.15, -0.1) is 0 Å². The highest BCUT2D eigenvalue weighted by Crippen LogP contribution is 2.34. The van der Waals surface area contributed by atoms with Gasteiger partial charge in [-0.2, -0.15) is 0 Å². The monoisotopic (exact) mass is 394 g/mol. The van der Waals surface area contributed by atoms with Crippen LogP contribution in [0.1, 0.15) is 68.8 Å². The number of aromatic nitrogens is 1. The topological polar surface area (TPSA) is 94.3 Å². The van der Waals surface area contributed by atoms with Crippen molar-refractivity contribution in [3.8, 4) is 0 Å². The number of aldehydes is 1. The number of anilines is 1. The Morgan fingerprint density at radius 1 is 1.24 bits per heavy atom. The minimum Gasteiger partial charge on any atom is -0.348 e. The predicted octanol–water partition coefficient (Wildman–Crippen LogP) is 2.82. The predicted molar refractivity (Wildman–Crippen MR) is 111 cm³/mol. The number of nitrogens with one attached hydrogen (secondary N) is 3. The second-order valence-electron chi connectivity index (χ2n) is 8.02. The molecule has 1 amide bonds. The van der Waals surface area contributed by atoms with E-state index in [1.807, 2.05) is 19.9 Å². The van der Waals surface area contributed by atoms with Crippen molar-refractivity contribution in [1.29, 1.82) is 0 Å². The molecule has 1 aromatic heterocycles. The second kappa shape index (κ2) is 7.83. The van der Waals surface area contributed by atoms with Crippen LogP contribution in [0, 0.1) is 13.8 Å². The molecule has 1 fully saturated rings. The van der Waals surface area contributed by atoms with E-state index in [4.69, 9.17) is 0 Å². The first-order valence-corrected chi connectivity index (χ1v) is 10.1. The summed E-state index contributed by atoms with van der Waals surface area (Å²) in [4.78, 5) is 39.4. The first-order valence-electron chi connectivity index (χ1n) is 10.1. The lowest BCUT2D eigenvalue weighted by molar-refractivity contribution is 0.0949. The van der Waals surface area contributed by atoms with Crippen LogP contribution in [0.5, 0.6) is 0 Å². The highest BCUT2D eigenvalue weighted by atomic mass is 16.2. The Hall–Kier alpha value is -2.93. The Balaban J connectivity index is 1.57. The molecule has 2 heterocycles. The summed E-state index contributed by atoms with van der Waals surface area (Å²) in [6, 6.07) is 5.76. The standard InChI is InChI=1S/C22H26N4O3/c1-13-7-14(2)24-22(29)18(13)10-23-21(28)17-8-15(12-27)9-20-19(17)11-26(25-20)16-5-3-4-6-16/h7-9,12,16,25H,3-6,10-11H2,1-2H3,(H,23,28)(H,24,29). The molecule has 2 aromatic rings. The summed E-state index contributed by atoms with van der Waals surface area (Å²) in [5.41, 5.74) is 8.02. The second-order valence-corrected chi connectivity index (χ2v) is 8.02. The number of pyridine rings is 1. The summed E-state index contributed by atoms with van der Waals surface area (Å²) in [6.07, 6.45) is 5.47. The third-order valence-electron chi connectivity index (χ3n) is 5.93. The van der Waals surface area contributed by atoms with E-state index in [1.165, 1.54) is 12.8 Å². The number of aromatic amines is 1. The minimum absolute atomic E-state index is 0.139. The molecule has 1 aliphatic carbocycles. The lowest BCUT2D eigenvalue weighted by atomic mass is 10.0. The maximum Gasteiger partial charge on any atom is 0.253 e. The fourth-order valence-corrected chi connectivity index (χ4v) is 4.40. The third-order valence-corrected chi connectivity index (χ3v) is 5.93. The molecule has 0 radical (unpaired) electrons. The van der Waals surface area contributed by atoms with Crippen molar-refractivity contribution in [2.45, 2.75) is 58.7 Å². The minimum atomic E-state index is -0.278. The number of fused-ring (bicyclic) bond motifs is 1. The highest BCUT2D eigenvalue weighted by Gasteiger charge is 2.31. The SMILES string of the molecule is Cc1cc(C)c(CNC(=O)c2cc(C=O)cc3c2CN(C2CCCC2)N3)c(=O)[nH]1. The molecule has 1 saturated carbocycles. The third kappa shape index (κ3) is 3.82. The molecule has 0 spiro atoms. The average Bonchev–Trinajstić information content (AvgIpc) is 3.35. The number of H-pyrrole nitrogens is 1. The lowest BCUT2D eigenvalue weighted by Crippen LogP contribution is -2.33. The van der Waals surface area contributed by atoms with Crippen molar-refractivity contribution < 1.29 is 9.59 Å². The number of hydrogen-bond donors (Lipinski definition) is 3. The highest BCUT2D eigenvalue weighted by molar-refractivity contribution is 5.99. The summed E-state index contributed by atoms with van der Waals surface area (Å²) >= 11 is 0. The van der Waals surface area contributed by atoms with Crippen molar-refractivity contribution in [2.75, 3.05) is 5.43 Å². The van der Waals surface area contributed by atoms with Crippen molar-refractivity contribution >= 4 is 17.9 Å². The average molecular weight is 394 g/mol. The Kier molecular flexibility index (Phi) is 5.24. The van der Waals surface area contributed by atoms with Gasteiger partial charge in [-0.05, 0) is 50.5 Å². The molecular weight excluding hydrogens is 368 g/mol. The first-order chi connectivity index (χ1) is 14.0. The number of carbonyl (C=O) groups excluding carboxylic acids is 2. The van der Waals surface area contributed by atoms with E-state index < -0.39 is 0 Å². The fourth-order valence-electron chi connectivity index (χ4n) is 4.40. The molecule has 7 nitrogen and oxygen atoms in total. The van der Waals surface area contributed by atoms with E-state index in [9.17, 15) is 14.4 Å². The first kappa shape index (κ1) is 19.4. The van der Waals surface area contributed by atoms with Crippen LogP contribution < -0.4 is 16.3 Å². The molecule has 7 heteroatoms. The molecule has 2 aliphatic rings. The smallest absolute Gasteiger partial charge is 0.253 e. The molecule has 0 saturated heterocycles. The normalized spacial score (nSPS) is 16.5. The zero-order valence-electron chi connectivity index (χ0n) is 16.8. The summed E-state index contributed by atoms with van der Waals surface area (Å²) in [5, 5.41) is 5.04. The van der Waals surface area contributed by atoms with Crippen molar-refractivity contribution in [3.05, 3.63) is 62.1 Å². The number of benzene rings is 1. The van der Waals surface area contributed by atoms with Gasteiger partial charge in [0.05, 0.1) is 5.69 Å². The van der Waals surface area contributed by atoms with Crippen LogP contribution in [0.15, 0.2) is 23.0 Å².